The monoisotopic (exact) mass is 135 g/mol. The second-order valence-corrected chi connectivity index (χ2v) is 2.90. The molecule has 0 heteroatoms. The lowest BCUT2D eigenvalue weighted by Gasteiger charge is -2.09. The van der Waals surface area contributed by atoms with Crippen LogP contribution in [0.1, 0.15) is 27.2 Å². The molecule has 0 radical (unpaired) electrons. The Morgan fingerprint density at radius 1 is 1.60 bits per heavy atom. The molecule has 0 amide bonds. The summed E-state index contributed by atoms with van der Waals surface area (Å²) in [5, 5.41) is 0. The van der Waals surface area contributed by atoms with E-state index in [-0.39, 0.29) is 0 Å². The van der Waals surface area contributed by atoms with Crippen molar-refractivity contribution in [2.24, 2.45) is 5.92 Å². The molecule has 0 saturated heterocycles. The van der Waals surface area contributed by atoms with Crippen LogP contribution in [0.3, 0.4) is 0 Å². The van der Waals surface area contributed by atoms with Gasteiger partial charge in [0.05, 0.1) is 11.5 Å². The third-order valence-electron chi connectivity index (χ3n) is 2.18. The van der Waals surface area contributed by atoms with Crippen LogP contribution in [-0.2, 0) is 0 Å². The lowest BCUT2D eigenvalue weighted by molar-refractivity contribution is 0.783. The maximum Gasteiger partial charge on any atom is 0.0829 e. The average molecular weight is 135 g/mol. The Kier molecular flexibility index (Phi) is 2.21. The Bertz CT molecular complexity index is 172. The minimum atomic E-state index is 0.662. The number of allylic oxidation sites excluding steroid dienone is 4. The zero-order valence-electron chi connectivity index (χ0n) is 7.02. The third kappa shape index (κ3) is 1.26. The first-order valence-electron chi connectivity index (χ1n) is 3.97. The van der Waals surface area contributed by atoms with Crippen molar-refractivity contribution in [2.45, 2.75) is 27.2 Å². The summed E-state index contributed by atoms with van der Waals surface area (Å²) in [6, 6.07) is 0. The maximum atomic E-state index is 2.26. The fourth-order valence-corrected chi connectivity index (χ4v) is 1.55. The van der Waals surface area contributed by atoms with Crippen LogP contribution >= 0.6 is 0 Å². The minimum absolute atomic E-state index is 0.662. The first-order valence-corrected chi connectivity index (χ1v) is 3.97. The molecule has 0 aromatic carbocycles. The summed E-state index contributed by atoms with van der Waals surface area (Å²) in [6.07, 6.45) is 7.79. The number of hydrogen-bond acceptors (Lipinski definition) is 0. The quantitative estimate of drug-likeness (QED) is 0.484. The standard InChI is InChI=1S/C10H15/c1-4-10-8(2)6-5-7-9(10)3/h5-8H,4H2,1-3H3/q+1/t8-/m1/s1. The topological polar surface area (TPSA) is 0 Å². The molecule has 0 spiro atoms. The summed E-state index contributed by atoms with van der Waals surface area (Å²) in [4.78, 5) is 0. The highest BCUT2D eigenvalue weighted by Crippen LogP contribution is 2.25. The van der Waals surface area contributed by atoms with Gasteiger partial charge >= 0.3 is 0 Å². The van der Waals surface area contributed by atoms with Crippen LogP contribution in [0.15, 0.2) is 23.3 Å². The molecular formula is C10H15+. The lowest BCUT2D eigenvalue weighted by Crippen LogP contribution is -2.02. The highest BCUT2D eigenvalue weighted by Gasteiger charge is 2.18. The zero-order valence-corrected chi connectivity index (χ0v) is 7.02. The van der Waals surface area contributed by atoms with Gasteiger partial charge in [-0.2, -0.15) is 0 Å². The van der Waals surface area contributed by atoms with Crippen LogP contribution in [0.5, 0.6) is 0 Å². The van der Waals surface area contributed by atoms with Gasteiger partial charge < -0.3 is 0 Å². The molecule has 0 heterocycles. The Morgan fingerprint density at radius 2 is 2.30 bits per heavy atom. The summed E-state index contributed by atoms with van der Waals surface area (Å²) in [6.45, 7) is 6.67. The van der Waals surface area contributed by atoms with Gasteiger partial charge in [-0.15, -0.1) is 0 Å². The molecule has 54 valence electrons. The molecule has 0 unspecified atom stereocenters. The molecule has 0 aliphatic heterocycles. The van der Waals surface area contributed by atoms with E-state index < -0.39 is 0 Å². The van der Waals surface area contributed by atoms with Crippen LogP contribution in [-0.4, -0.2) is 0 Å². The molecule has 0 saturated carbocycles. The molecule has 0 nitrogen and oxygen atoms in total. The minimum Gasteiger partial charge on any atom is -0.0498 e. The molecule has 1 rings (SSSR count). The summed E-state index contributed by atoms with van der Waals surface area (Å²) in [5.41, 5.74) is 3.04. The second-order valence-electron chi connectivity index (χ2n) is 2.90. The number of rotatable bonds is 1. The Balaban J connectivity index is 2.78. The summed E-state index contributed by atoms with van der Waals surface area (Å²) >= 11 is 0. The molecule has 0 bridgehead atoms. The van der Waals surface area contributed by atoms with Gasteiger partial charge in [-0.1, -0.05) is 0 Å². The predicted octanol–water partition coefficient (Wildman–Crippen LogP) is 3.12. The number of hydrogen-bond donors (Lipinski definition) is 0. The van der Waals surface area contributed by atoms with Gasteiger partial charge in [-0.3, -0.25) is 0 Å². The third-order valence-corrected chi connectivity index (χ3v) is 2.18. The lowest BCUT2D eigenvalue weighted by atomic mass is 9.88. The van der Waals surface area contributed by atoms with E-state index in [4.69, 9.17) is 0 Å². The largest absolute Gasteiger partial charge is 0.0829 e. The van der Waals surface area contributed by atoms with Crippen molar-refractivity contribution >= 4 is 0 Å². The van der Waals surface area contributed by atoms with Crippen molar-refractivity contribution in [3.8, 4) is 0 Å². The van der Waals surface area contributed by atoms with Crippen molar-refractivity contribution in [1.29, 1.82) is 0 Å². The average Bonchev–Trinajstić information content (AvgIpc) is 1.88. The maximum absolute atomic E-state index is 2.26. The Hall–Kier alpha value is -0.650. The predicted molar refractivity (Wildman–Crippen MR) is 45.6 cm³/mol. The van der Waals surface area contributed by atoms with Crippen LogP contribution < -0.4 is 0 Å². The van der Waals surface area contributed by atoms with Crippen LogP contribution in [0, 0.1) is 12.3 Å². The Labute approximate surface area is 63.6 Å². The Morgan fingerprint density at radius 3 is 2.70 bits per heavy atom. The van der Waals surface area contributed by atoms with Gasteiger partial charge in [0.1, 0.15) is 0 Å². The molecule has 0 N–H and O–H groups in total. The van der Waals surface area contributed by atoms with Gasteiger partial charge in [0.15, 0.2) is 0 Å². The fourth-order valence-electron chi connectivity index (χ4n) is 1.55. The molecule has 10 heavy (non-hydrogen) atoms. The van der Waals surface area contributed by atoms with Crippen LogP contribution in [0.2, 0.25) is 0 Å². The molecule has 0 aromatic rings. The molecule has 0 aromatic heterocycles. The molecule has 1 aliphatic rings. The molecular weight excluding hydrogens is 120 g/mol. The van der Waals surface area contributed by atoms with Crippen molar-refractivity contribution in [3.63, 3.8) is 0 Å². The van der Waals surface area contributed by atoms with Crippen molar-refractivity contribution in [3.05, 3.63) is 29.7 Å². The molecule has 1 atom stereocenters. The van der Waals surface area contributed by atoms with Crippen molar-refractivity contribution in [2.75, 3.05) is 0 Å². The highest BCUT2D eigenvalue weighted by molar-refractivity contribution is 5.33. The van der Waals surface area contributed by atoms with Gasteiger partial charge in [0, 0.05) is 30.6 Å². The van der Waals surface area contributed by atoms with Gasteiger partial charge in [0.2, 0.25) is 0 Å². The van der Waals surface area contributed by atoms with Gasteiger partial charge in [0.25, 0.3) is 0 Å². The summed E-state index contributed by atoms with van der Waals surface area (Å²) in [5.74, 6) is 0.662. The van der Waals surface area contributed by atoms with Gasteiger partial charge in [-0.05, 0) is 20.8 Å². The normalized spacial score (nSPS) is 24.9. The highest BCUT2D eigenvalue weighted by atomic mass is 14.1. The first kappa shape index (κ1) is 7.46. The van der Waals surface area contributed by atoms with Crippen LogP contribution in [0.4, 0.5) is 0 Å². The van der Waals surface area contributed by atoms with E-state index in [0.29, 0.717) is 5.92 Å². The van der Waals surface area contributed by atoms with E-state index >= 15 is 0 Å². The van der Waals surface area contributed by atoms with E-state index in [9.17, 15) is 0 Å². The van der Waals surface area contributed by atoms with Gasteiger partial charge in [-0.25, -0.2) is 0 Å². The van der Waals surface area contributed by atoms with Crippen LogP contribution in [0.25, 0.3) is 0 Å². The van der Waals surface area contributed by atoms with E-state index in [1.54, 1.807) is 5.57 Å². The van der Waals surface area contributed by atoms with Crippen molar-refractivity contribution < 1.29 is 0 Å². The summed E-state index contributed by atoms with van der Waals surface area (Å²) in [7, 11) is 0. The smallest absolute Gasteiger partial charge is 0.0498 e. The molecule has 0 fully saturated rings. The summed E-state index contributed by atoms with van der Waals surface area (Å²) < 4.78 is 0. The van der Waals surface area contributed by atoms with E-state index in [2.05, 4.69) is 39.3 Å². The second kappa shape index (κ2) is 2.96. The van der Waals surface area contributed by atoms with E-state index in [1.807, 2.05) is 0 Å². The zero-order chi connectivity index (χ0) is 7.56. The molecule has 1 aliphatic carbocycles. The van der Waals surface area contributed by atoms with Crippen molar-refractivity contribution in [1.82, 2.24) is 0 Å². The van der Waals surface area contributed by atoms with E-state index in [0.717, 1.165) is 0 Å². The fraction of sp³-hybridized carbons (Fsp3) is 0.500. The first-order chi connectivity index (χ1) is 4.75. The van der Waals surface area contributed by atoms with E-state index in [1.165, 1.54) is 12.0 Å². The SMILES string of the molecule is CCC1=C(C)[CH+]C=C[C@H]1C.